The van der Waals surface area contributed by atoms with Crippen LogP contribution in [0.2, 0.25) is 5.02 Å². The number of hydrogen-bond acceptors (Lipinski definition) is 1. The molecule has 0 radical (unpaired) electrons. The first-order valence-electron chi connectivity index (χ1n) is 6.71. The molecule has 0 fully saturated rings. The molecule has 18 heavy (non-hydrogen) atoms. The molecule has 1 nitrogen and oxygen atoms in total. The Morgan fingerprint density at radius 1 is 1.22 bits per heavy atom. The summed E-state index contributed by atoms with van der Waals surface area (Å²) in [7, 11) is 0. The number of alkyl halides is 1. The van der Waals surface area contributed by atoms with Gasteiger partial charge in [0.2, 0.25) is 0 Å². The third kappa shape index (κ3) is 4.37. The van der Waals surface area contributed by atoms with Gasteiger partial charge in [-0.1, -0.05) is 37.4 Å². The smallest absolute Gasteiger partial charge is 0.0494 e. The molecule has 0 amide bonds. The lowest BCUT2D eigenvalue weighted by Crippen LogP contribution is -2.32. The number of halogens is 2. The first kappa shape index (κ1) is 15.7. The lowest BCUT2D eigenvalue weighted by molar-refractivity contribution is 0.624. The normalized spacial score (nSPS) is 11.0. The Hall–Kier alpha value is -0.400. The van der Waals surface area contributed by atoms with Crippen molar-refractivity contribution in [3.63, 3.8) is 0 Å². The van der Waals surface area contributed by atoms with Gasteiger partial charge >= 0.3 is 0 Å². The molecule has 0 aliphatic rings. The second-order valence-corrected chi connectivity index (χ2v) is 5.60. The highest BCUT2D eigenvalue weighted by Gasteiger charge is 2.14. The van der Waals surface area contributed by atoms with Crippen LogP contribution in [-0.2, 0) is 5.88 Å². The molecule has 1 aromatic carbocycles. The van der Waals surface area contributed by atoms with E-state index in [4.69, 9.17) is 23.2 Å². The molecule has 1 aromatic rings. The number of benzene rings is 1. The van der Waals surface area contributed by atoms with Crippen molar-refractivity contribution in [3.05, 3.63) is 28.8 Å². The van der Waals surface area contributed by atoms with E-state index in [1.54, 1.807) is 0 Å². The van der Waals surface area contributed by atoms with Crippen molar-refractivity contribution in [3.8, 4) is 0 Å². The zero-order valence-corrected chi connectivity index (χ0v) is 13.1. The summed E-state index contributed by atoms with van der Waals surface area (Å²) in [5.74, 6) is 0.531. The van der Waals surface area contributed by atoms with Gasteiger partial charge in [0.25, 0.3) is 0 Å². The molecule has 0 aromatic heterocycles. The third-order valence-corrected chi connectivity index (χ3v) is 3.65. The third-order valence-electron chi connectivity index (χ3n) is 3.13. The minimum Gasteiger partial charge on any atom is -0.369 e. The van der Waals surface area contributed by atoms with Gasteiger partial charge in [-0.25, -0.2) is 0 Å². The Morgan fingerprint density at radius 3 is 2.50 bits per heavy atom. The highest BCUT2D eigenvalue weighted by molar-refractivity contribution is 6.31. The standard InChI is InChI=1S/C15H23Cl2N/c1-4-5-6-9-18(12(2)3)15-10-14(17)8-7-13(15)11-16/h7-8,10,12H,4-6,9,11H2,1-3H3. The monoisotopic (exact) mass is 287 g/mol. The van der Waals surface area contributed by atoms with Gasteiger partial charge in [-0.15, -0.1) is 11.6 Å². The van der Waals surface area contributed by atoms with Gasteiger partial charge in [0.05, 0.1) is 0 Å². The molecule has 0 heterocycles. The lowest BCUT2D eigenvalue weighted by Gasteiger charge is -2.31. The average Bonchev–Trinajstić information content (AvgIpc) is 2.34. The topological polar surface area (TPSA) is 3.24 Å². The number of anilines is 1. The van der Waals surface area contributed by atoms with E-state index in [9.17, 15) is 0 Å². The van der Waals surface area contributed by atoms with Gasteiger partial charge in [-0.05, 0) is 38.0 Å². The molecule has 0 spiro atoms. The molecule has 0 atom stereocenters. The van der Waals surface area contributed by atoms with Crippen LogP contribution < -0.4 is 4.90 Å². The van der Waals surface area contributed by atoms with Crippen LogP contribution in [0, 0.1) is 0 Å². The first-order valence-corrected chi connectivity index (χ1v) is 7.62. The fourth-order valence-electron chi connectivity index (χ4n) is 2.11. The average molecular weight is 288 g/mol. The summed E-state index contributed by atoms with van der Waals surface area (Å²) in [4.78, 5) is 2.40. The molecule has 3 heteroatoms. The van der Waals surface area contributed by atoms with Crippen molar-refractivity contribution < 1.29 is 0 Å². The van der Waals surface area contributed by atoms with Crippen molar-refractivity contribution in [2.24, 2.45) is 0 Å². The van der Waals surface area contributed by atoms with Gasteiger partial charge in [-0.3, -0.25) is 0 Å². The maximum atomic E-state index is 6.11. The SMILES string of the molecule is CCCCCN(c1cc(Cl)ccc1CCl)C(C)C. The Bertz CT molecular complexity index is 364. The molecular formula is C15H23Cl2N. The molecular weight excluding hydrogens is 265 g/mol. The minimum absolute atomic E-state index is 0.460. The Balaban J connectivity index is 2.93. The van der Waals surface area contributed by atoms with Gasteiger partial charge < -0.3 is 4.90 Å². The Labute approximate surface area is 121 Å². The molecule has 0 saturated heterocycles. The Morgan fingerprint density at radius 2 is 1.94 bits per heavy atom. The fourth-order valence-corrected chi connectivity index (χ4v) is 2.50. The molecule has 1 rings (SSSR count). The second-order valence-electron chi connectivity index (χ2n) is 4.90. The van der Waals surface area contributed by atoms with Gasteiger partial charge in [0.15, 0.2) is 0 Å². The summed E-state index contributed by atoms with van der Waals surface area (Å²) < 4.78 is 0. The zero-order chi connectivity index (χ0) is 13.5. The largest absolute Gasteiger partial charge is 0.369 e. The van der Waals surface area contributed by atoms with Crippen LogP contribution in [0.5, 0.6) is 0 Å². The van der Waals surface area contributed by atoms with Gasteiger partial charge in [-0.2, -0.15) is 0 Å². The minimum atomic E-state index is 0.460. The molecule has 0 aliphatic carbocycles. The van der Waals surface area contributed by atoms with Crippen LogP contribution in [0.4, 0.5) is 5.69 Å². The fraction of sp³-hybridized carbons (Fsp3) is 0.600. The number of nitrogens with zero attached hydrogens (tertiary/aromatic N) is 1. The predicted molar refractivity (Wildman–Crippen MR) is 83.0 cm³/mol. The van der Waals surface area contributed by atoms with Gasteiger partial charge in [0.1, 0.15) is 0 Å². The summed E-state index contributed by atoms with van der Waals surface area (Å²) >= 11 is 12.1. The van der Waals surface area contributed by atoms with Crippen LogP contribution >= 0.6 is 23.2 Å². The second kappa shape index (κ2) is 7.91. The van der Waals surface area contributed by atoms with E-state index in [1.165, 1.54) is 24.9 Å². The zero-order valence-electron chi connectivity index (χ0n) is 11.5. The molecule has 0 bridgehead atoms. The maximum absolute atomic E-state index is 6.11. The van der Waals surface area contributed by atoms with E-state index < -0.39 is 0 Å². The van der Waals surface area contributed by atoms with E-state index in [1.807, 2.05) is 18.2 Å². The Kier molecular flexibility index (Phi) is 6.88. The summed E-state index contributed by atoms with van der Waals surface area (Å²) in [6, 6.07) is 6.43. The molecule has 0 aliphatic heterocycles. The van der Waals surface area contributed by atoms with Crippen LogP contribution in [0.15, 0.2) is 18.2 Å². The van der Waals surface area contributed by atoms with Crippen molar-refractivity contribution in [2.45, 2.75) is 52.0 Å². The number of unbranched alkanes of at least 4 members (excludes halogenated alkanes) is 2. The van der Waals surface area contributed by atoms with Crippen molar-refractivity contribution in [1.82, 2.24) is 0 Å². The number of hydrogen-bond donors (Lipinski definition) is 0. The molecule has 0 unspecified atom stereocenters. The molecule has 0 N–H and O–H groups in total. The van der Waals surface area contributed by atoms with E-state index in [0.29, 0.717) is 11.9 Å². The number of rotatable bonds is 7. The summed E-state index contributed by atoms with van der Waals surface area (Å²) in [6.07, 6.45) is 3.72. The summed E-state index contributed by atoms with van der Waals surface area (Å²) in [6.45, 7) is 7.72. The van der Waals surface area contributed by atoms with Crippen molar-refractivity contribution in [2.75, 3.05) is 11.4 Å². The summed E-state index contributed by atoms with van der Waals surface area (Å²) in [5.41, 5.74) is 2.34. The highest BCUT2D eigenvalue weighted by atomic mass is 35.5. The van der Waals surface area contributed by atoms with E-state index in [0.717, 1.165) is 17.1 Å². The predicted octanol–water partition coefficient (Wildman–Crippen LogP) is 5.48. The van der Waals surface area contributed by atoms with E-state index in [-0.39, 0.29) is 0 Å². The highest BCUT2D eigenvalue weighted by Crippen LogP contribution is 2.28. The van der Waals surface area contributed by atoms with Crippen molar-refractivity contribution >= 4 is 28.9 Å². The van der Waals surface area contributed by atoms with Crippen LogP contribution in [-0.4, -0.2) is 12.6 Å². The van der Waals surface area contributed by atoms with E-state index in [2.05, 4.69) is 25.7 Å². The van der Waals surface area contributed by atoms with Crippen molar-refractivity contribution in [1.29, 1.82) is 0 Å². The van der Waals surface area contributed by atoms with Crippen LogP contribution in [0.25, 0.3) is 0 Å². The van der Waals surface area contributed by atoms with Crippen LogP contribution in [0.3, 0.4) is 0 Å². The van der Waals surface area contributed by atoms with E-state index >= 15 is 0 Å². The van der Waals surface area contributed by atoms with Gasteiger partial charge in [0, 0.05) is 29.2 Å². The van der Waals surface area contributed by atoms with Crippen LogP contribution in [0.1, 0.15) is 45.6 Å². The quantitative estimate of drug-likeness (QED) is 0.474. The maximum Gasteiger partial charge on any atom is 0.0494 e. The molecule has 102 valence electrons. The summed E-state index contributed by atoms with van der Waals surface area (Å²) in [5, 5.41) is 0.778. The molecule has 0 saturated carbocycles. The lowest BCUT2D eigenvalue weighted by atomic mass is 10.1. The first-order chi connectivity index (χ1) is 8.60.